The summed E-state index contributed by atoms with van der Waals surface area (Å²) >= 11 is 0. The van der Waals surface area contributed by atoms with Crippen LogP contribution < -0.4 is 5.32 Å². The molecule has 0 unspecified atom stereocenters. The zero-order valence-corrected chi connectivity index (χ0v) is 31.1. The van der Waals surface area contributed by atoms with Crippen molar-refractivity contribution in [1.29, 1.82) is 0 Å². The Balaban J connectivity index is 1.14. The number of likely N-dealkylation sites (N-methyl/N-ethyl adjacent to an activating group) is 2. The van der Waals surface area contributed by atoms with Crippen molar-refractivity contribution in [3.63, 3.8) is 0 Å². The minimum atomic E-state index is -1.49. The van der Waals surface area contributed by atoms with Gasteiger partial charge < -0.3 is 34.4 Å². The van der Waals surface area contributed by atoms with Crippen LogP contribution in [0.25, 0.3) is 6.08 Å². The van der Waals surface area contributed by atoms with Crippen LogP contribution in [0.4, 0.5) is 0 Å². The number of rotatable bonds is 11. The Kier molecular flexibility index (Phi) is 9.85. The Morgan fingerprint density at radius 2 is 1.60 bits per heavy atom. The Bertz CT molecular complexity index is 1960. The summed E-state index contributed by atoms with van der Waals surface area (Å²) in [5.41, 5.74) is 3.19. The second-order valence-corrected chi connectivity index (χ2v) is 15.4. The van der Waals surface area contributed by atoms with Crippen molar-refractivity contribution in [3.05, 3.63) is 113 Å². The first-order chi connectivity index (χ1) is 26.5. The monoisotopic (exact) mass is 750 g/mol. The molecule has 3 aromatic carbocycles. The van der Waals surface area contributed by atoms with Gasteiger partial charge in [0.25, 0.3) is 0 Å². The van der Waals surface area contributed by atoms with Crippen molar-refractivity contribution in [2.24, 2.45) is 5.41 Å². The van der Waals surface area contributed by atoms with Gasteiger partial charge in [-0.15, -0.1) is 0 Å². The maximum absolute atomic E-state index is 15.4. The first-order valence-corrected chi connectivity index (χ1v) is 18.8. The van der Waals surface area contributed by atoms with Crippen LogP contribution in [0.2, 0.25) is 0 Å². The molecule has 288 valence electrons. The topological polar surface area (TPSA) is 147 Å². The highest BCUT2D eigenvalue weighted by atomic mass is 16.8. The highest BCUT2D eigenvalue weighted by Gasteiger charge is 2.77. The quantitative estimate of drug-likeness (QED) is 0.221. The fourth-order valence-corrected chi connectivity index (χ4v) is 8.98. The molecule has 2 bridgehead atoms. The van der Waals surface area contributed by atoms with E-state index in [1.165, 1.54) is 20.9 Å². The van der Waals surface area contributed by atoms with Gasteiger partial charge in [-0.05, 0) is 33.9 Å². The van der Waals surface area contributed by atoms with Crippen LogP contribution in [-0.4, -0.2) is 120 Å². The van der Waals surface area contributed by atoms with Gasteiger partial charge in [0.1, 0.15) is 35.9 Å². The molecule has 0 aromatic heterocycles. The van der Waals surface area contributed by atoms with Crippen molar-refractivity contribution in [2.45, 2.75) is 74.5 Å². The number of nitrogens with zero attached hydrogens (tertiary/aromatic N) is 3. The molecule has 3 saturated heterocycles. The van der Waals surface area contributed by atoms with Crippen molar-refractivity contribution in [2.75, 3.05) is 34.3 Å². The number of aliphatic hydroxyl groups is 1. The van der Waals surface area contributed by atoms with Crippen LogP contribution >= 0.6 is 0 Å². The Labute approximate surface area is 319 Å². The molecule has 0 radical (unpaired) electrons. The van der Waals surface area contributed by atoms with Crippen LogP contribution in [0.5, 0.6) is 0 Å². The highest BCUT2D eigenvalue weighted by molar-refractivity contribution is 5.96. The van der Waals surface area contributed by atoms with E-state index in [9.17, 15) is 19.5 Å². The van der Waals surface area contributed by atoms with E-state index >= 15 is 4.79 Å². The van der Waals surface area contributed by atoms with E-state index in [4.69, 9.17) is 19.0 Å². The fourth-order valence-electron chi connectivity index (χ4n) is 8.98. The first kappa shape index (κ1) is 37.0. The van der Waals surface area contributed by atoms with Crippen molar-refractivity contribution >= 4 is 29.8 Å². The van der Waals surface area contributed by atoms with Crippen LogP contribution in [-0.2, 0) is 64.0 Å². The summed E-state index contributed by atoms with van der Waals surface area (Å²) in [5.74, 6) is -2.62. The summed E-state index contributed by atoms with van der Waals surface area (Å²) in [6.45, 7) is -0.100. The largest absolute Gasteiger partial charge is 0.458 e. The van der Waals surface area contributed by atoms with Gasteiger partial charge in [0, 0.05) is 59.4 Å². The first-order valence-electron chi connectivity index (χ1n) is 18.8. The number of benzene rings is 3. The molecule has 3 aliphatic heterocycles. The molecule has 2 N–H and O–H groups in total. The van der Waals surface area contributed by atoms with E-state index in [0.717, 1.165) is 27.8 Å². The number of esters is 1. The summed E-state index contributed by atoms with van der Waals surface area (Å²) in [6.07, 6.45) is 1.37. The minimum Gasteiger partial charge on any atom is -0.458 e. The number of ether oxygens (including phenoxy) is 3. The van der Waals surface area contributed by atoms with Crippen molar-refractivity contribution < 1.29 is 43.3 Å². The lowest BCUT2D eigenvalue weighted by atomic mass is 9.62. The van der Waals surface area contributed by atoms with E-state index in [-0.39, 0.29) is 38.4 Å². The van der Waals surface area contributed by atoms with Gasteiger partial charge in [0.05, 0.1) is 13.2 Å². The molecule has 7 atom stereocenters. The lowest BCUT2D eigenvalue weighted by molar-refractivity contribution is -0.218. The predicted octanol–water partition coefficient (Wildman–Crippen LogP) is 2.05. The molecule has 55 heavy (non-hydrogen) atoms. The van der Waals surface area contributed by atoms with Gasteiger partial charge in [-0.1, -0.05) is 78.9 Å². The summed E-state index contributed by atoms with van der Waals surface area (Å²) in [7, 11) is 4.96. The molecule has 13 nitrogen and oxygen atoms in total. The number of hydrogen-bond acceptors (Lipinski definition) is 10. The zero-order chi connectivity index (χ0) is 38.5. The summed E-state index contributed by atoms with van der Waals surface area (Å²) in [4.78, 5) is 65.2. The van der Waals surface area contributed by atoms with E-state index < -0.39 is 65.5 Å². The van der Waals surface area contributed by atoms with Gasteiger partial charge in [0.15, 0.2) is 11.8 Å². The van der Waals surface area contributed by atoms with Gasteiger partial charge >= 0.3 is 5.97 Å². The number of hydroxylamine groups is 2. The number of aliphatic hydroxyl groups excluding tert-OH is 1. The fraction of sp³-hybridized carbons (Fsp3) is 0.429. The Hall–Kier alpha value is -4.92. The number of carbonyl (C=O) groups excluding carboxylic acids is 4. The van der Waals surface area contributed by atoms with Crippen molar-refractivity contribution in [3.8, 4) is 0 Å². The number of hydrogen-bond donors (Lipinski definition) is 2. The van der Waals surface area contributed by atoms with Crippen LogP contribution in [0, 0.1) is 5.41 Å². The van der Waals surface area contributed by atoms with Crippen molar-refractivity contribution in [1.82, 2.24) is 20.2 Å². The third kappa shape index (κ3) is 6.63. The van der Waals surface area contributed by atoms with E-state index in [1.54, 1.807) is 27.2 Å². The van der Waals surface area contributed by atoms with E-state index in [2.05, 4.69) is 17.4 Å². The molecule has 5 aliphatic rings. The van der Waals surface area contributed by atoms with Crippen LogP contribution in [0.15, 0.2) is 84.9 Å². The molecular weight excluding hydrogens is 704 g/mol. The third-order valence-corrected chi connectivity index (χ3v) is 11.6. The normalized spacial score (nSPS) is 27.7. The lowest BCUT2D eigenvalue weighted by Gasteiger charge is -2.50. The molecule has 4 fully saturated rings. The molecule has 1 spiro atoms. The average Bonchev–Trinajstić information content (AvgIpc) is 3.86. The molecule has 1 saturated carbocycles. The number of amides is 3. The standard InChI is InChI=1S/C42H46N4O9/c1-44(2)33(48)18-17-26-13-15-28(16-14-26)25-46-36-39(50)52-32-24-42(36,40(51)45(3)31(38(49)43-19-20-47)21-27-9-5-4-6-10-27)37(55-46)35-34(32)53-41(54-35)22-29-11-7-8-12-30(29)23-41/h4-18,31-32,34-37,47H,19-25H2,1-3H3,(H,43,49)/t31-,32+,34+,35+,36+,37-,42+/m1/s1. The third-order valence-electron chi connectivity index (χ3n) is 11.6. The van der Waals surface area contributed by atoms with Gasteiger partial charge in [-0.25, -0.2) is 0 Å². The lowest BCUT2D eigenvalue weighted by Crippen LogP contribution is -2.70. The number of fused-ring (bicyclic) bond motifs is 5. The number of carbonyl (C=O) groups is 4. The zero-order valence-electron chi connectivity index (χ0n) is 31.1. The second-order valence-electron chi connectivity index (χ2n) is 15.4. The maximum atomic E-state index is 15.4. The Morgan fingerprint density at radius 3 is 2.27 bits per heavy atom. The summed E-state index contributed by atoms with van der Waals surface area (Å²) in [6, 6.07) is 22.8. The minimum absolute atomic E-state index is 0.0216. The smallest absolute Gasteiger partial charge is 0.327 e. The Morgan fingerprint density at radius 1 is 0.927 bits per heavy atom. The predicted molar refractivity (Wildman–Crippen MR) is 198 cm³/mol. The molecule has 3 aromatic rings. The SMILES string of the molecule is CN(C)C(=O)C=Cc1ccc(CN2O[C@@H]3[C@H]4OC5(Cc6ccccc6C5)O[C@H]4[C@@H]4C[C@]3(C(=O)N(C)[C@H](Cc3ccccc3)C(=O)NCCO)[C@@H]2C(=O)O4)cc1. The number of nitrogens with one attached hydrogen (secondary N) is 1. The van der Waals surface area contributed by atoms with E-state index in [0.29, 0.717) is 12.8 Å². The highest BCUT2D eigenvalue weighted by Crippen LogP contribution is 2.59. The summed E-state index contributed by atoms with van der Waals surface area (Å²) in [5, 5.41) is 13.8. The maximum Gasteiger partial charge on any atom is 0.327 e. The van der Waals surface area contributed by atoms with E-state index in [1.807, 2.05) is 66.7 Å². The molecule has 2 aliphatic carbocycles. The van der Waals surface area contributed by atoms with Gasteiger partial charge in [-0.3, -0.25) is 24.0 Å². The summed E-state index contributed by atoms with van der Waals surface area (Å²) < 4.78 is 19.8. The average molecular weight is 751 g/mol. The second kappa shape index (κ2) is 14.6. The van der Waals surface area contributed by atoms with Gasteiger partial charge in [0.2, 0.25) is 17.7 Å². The molecule has 13 heteroatoms. The molecule has 3 heterocycles. The van der Waals surface area contributed by atoms with Gasteiger partial charge in [-0.2, -0.15) is 5.06 Å². The molecule has 8 rings (SSSR count). The van der Waals surface area contributed by atoms with Crippen LogP contribution in [0.1, 0.15) is 34.2 Å². The molecule has 3 amide bonds. The molecular formula is C42H46N4O9. The van der Waals surface area contributed by atoms with Crippen LogP contribution in [0.3, 0.4) is 0 Å².